The van der Waals surface area contributed by atoms with E-state index in [1.165, 1.54) is 17.3 Å². The summed E-state index contributed by atoms with van der Waals surface area (Å²) in [4.78, 5) is 29.8. The van der Waals surface area contributed by atoms with E-state index in [9.17, 15) is 9.59 Å². The number of hydrogen-bond acceptors (Lipinski definition) is 3. The zero-order chi connectivity index (χ0) is 25.0. The van der Waals surface area contributed by atoms with Gasteiger partial charge in [0.15, 0.2) is 0 Å². The van der Waals surface area contributed by atoms with Gasteiger partial charge < -0.3 is 10.2 Å². The van der Waals surface area contributed by atoms with Crippen molar-refractivity contribution in [2.75, 3.05) is 12.3 Å². The number of carbonyl (C=O) groups is 2. The molecule has 0 radical (unpaired) electrons. The molecule has 2 amide bonds. The first-order valence-corrected chi connectivity index (χ1v) is 13.4. The van der Waals surface area contributed by atoms with Crippen molar-refractivity contribution in [3.63, 3.8) is 0 Å². The van der Waals surface area contributed by atoms with Gasteiger partial charge in [-0.1, -0.05) is 85.1 Å². The van der Waals surface area contributed by atoms with Crippen molar-refractivity contribution in [3.8, 4) is 0 Å². The Morgan fingerprint density at radius 3 is 2.29 bits per heavy atom. The van der Waals surface area contributed by atoms with E-state index in [2.05, 4.69) is 12.2 Å². The van der Waals surface area contributed by atoms with Crippen LogP contribution in [0.2, 0.25) is 5.02 Å². The summed E-state index contributed by atoms with van der Waals surface area (Å²) in [6, 6.07) is 24.8. The number of nitrogens with one attached hydrogen (secondary N) is 1. The monoisotopic (exact) mass is 508 g/mol. The van der Waals surface area contributed by atoms with Crippen LogP contribution in [0, 0.1) is 6.92 Å². The number of halogens is 1. The summed E-state index contributed by atoms with van der Waals surface area (Å²) in [5.41, 5.74) is 3.13. The van der Waals surface area contributed by atoms with Crippen molar-refractivity contribution in [1.82, 2.24) is 10.2 Å². The molecule has 0 saturated heterocycles. The number of thioether (sulfide) groups is 1. The van der Waals surface area contributed by atoms with Crippen molar-refractivity contribution < 1.29 is 9.59 Å². The molecule has 0 saturated carbocycles. The van der Waals surface area contributed by atoms with Crippen molar-refractivity contribution in [2.24, 2.45) is 0 Å². The number of amides is 2. The van der Waals surface area contributed by atoms with Crippen LogP contribution >= 0.6 is 23.4 Å². The molecule has 3 aromatic carbocycles. The zero-order valence-corrected chi connectivity index (χ0v) is 21.9. The minimum Gasteiger partial charge on any atom is -0.354 e. The molecular weight excluding hydrogens is 476 g/mol. The van der Waals surface area contributed by atoms with E-state index >= 15 is 0 Å². The second kappa shape index (κ2) is 14.0. The van der Waals surface area contributed by atoms with Crippen LogP contribution < -0.4 is 5.32 Å². The van der Waals surface area contributed by atoms with Gasteiger partial charge in [-0.2, -0.15) is 0 Å². The maximum Gasteiger partial charge on any atom is 0.243 e. The molecule has 1 atom stereocenters. The Balaban J connectivity index is 1.86. The average Bonchev–Trinajstić information content (AvgIpc) is 2.87. The highest BCUT2D eigenvalue weighted by Crippen LogP contribution is 2.22. The van der Waals surface area contributed by atoms with Gasteiger partial charge >= 0.3 is 0 Å². The Kier molecular flexibility index (Phi) is 10.7. The molecule has 0 fully saturated rings. The Labute approximate surface area is 218 Å². The fraction of sp³-hybridized carbons (Fsp3) is 0.310. The lowest BCUT2D eigenvalue weighted by atomic mass is 10.0. The van der Waals surface area contributed by atoms with Gasteiger partial charge in [-0.05, 0) is 48.7 Å². The molecule has 0 aliphatic carbocycles. The van der Waals surface area contributed by atoms with E-state index in [1.807, 2.05) is 85.8 Å². The van der Waals surface area contributed by atoms with E-state index in [4.69, 9.17) is 11.6 Å². The number of unbranched alkanes of at least 4 members (excludes halogenated alkanes) is 1. The number of nitrogens with zero attached hydrogens (tertiary/aromatic N) is 1. The first-order chi connectivity index (χ1) is 17.0. The van der Waals surface area contributed by atoms with Crippen LogP contribution in [-0.4, -0.2) is 35.1 Å². The minimum absolute atomic E-state index is 0.0721. The van der Waals surface area contributed by atoms with Crippen LogP contribution in [0.1, 0.15) is 36.5 Å². The third-order valence-electron chi connectivity index (χ3n) is 5.75. The SMILES string of the molecule is CCCCNC(=O)C(Cc1ccccc1)N(Cc1ccc(Cl)cc1)C(=O)CSc1ccc(C)cc1. The molecule has 0 bridgehead atoms. The van der Waals surface area contributed by atoms with Gasteiger partial charge in [-0.25, -0.2) is 0 Å². The molecule has 4 nitrogen and oxygen atoms in total. The van der Waals surface area contributed by atoms with Gasteiger partial charge in [-0.3, -0.25) is 9.59 Å². The van der Waals surface area contributed by atoms with Crippen molar-refractivity contribution in [2.45, 2.75) is 50.6 Å². The first kappa shape index (κ1) is 26.8. The summed E-state index contributed by atoms with van der Waals surface area (Å²) in [5, 5.41) is 3.69. The number of hydrogen-bond donors (Lipinski definition) is 1. The predicted molar refractivity (Wildman–Crippen MR) is 146 cm³/mol. The third kappa shape index (κ3) is 8.75. The third-order valence-corrected chi connectivity index (χ3v) is 7.00. The molecule has 0 heterocycles. The van der Waals surface area contributed by atoms with Crippen LogP contribution in [0.5, 0.6) is 0 Å². The van der Waals surface area contributed by atoms with Crippen molar-refractivity contribution in [3.05, 3.63) is 101 Å². The van der Waals surface area contributed by atoms with Crippen LogP contribution in [0.25, 0.3) is 0 Å². The Morgan fingerprint density at radius 1 is 0.943 bits per heavy atom. The summed E-state index contributed by atoms with van der Waals surface area (Å²) >= 11 is 7.57. The quantitative estimate of drug-likeness (QED) is 0.231. The van der Waals surface area contributed by atoms with Crippen molar-refractivity contribution in [1.29, 1.82) is 0 Å². The molecule has 3 aromatic rings. The van der Waals surface area contributed by atoms with Gasteiger partial charge in [0.05, 0.1) is 5.75 Å². The van der Waals surface area contributed by atoms with Crippen molar-refractivity contribution >= 4 is 35.2 Å². The Bertz CT molecular complexity index is 1070. The van der Waals surface area contributed by atoms with Crippen LogP contribution in [-0.2, 0) is 22.6 Å². The molecule has 35 heavy (non-hydrogen) atoms. The molecule has 1 unspecified atom stereocenters. The molecule has 1 N–H and O–H groups in total. The second-order valence-electron chi connectivity index (χ2n) is 8.60. The summed E-state index contributed by atoms with van der Waals surface area (Å²) < 4.78 is 0. The molecule has 0 aromatic heterocycles. The van der Waals surface area contributed by atoms with Gasteiger partial charge in [0.25, 0.3) is 0 Å². The summed E-state index contributed by atoms with van der Waals surface area (Å²) in [5.74, 6) is 0.0616. The first-order valence-electron chi connectivity index (χ1n) is 12.0. The van der Waals surface area contributed by atoms with E-state index in [0.717, 1.165) is 28.9 Å². The largest absolute Gasteiger partial charge is 0.354 e. The van der Waals surface area contributed by atoms with Gasteiger partial charge in [-0.15, -0.1) is 11.8 Å². The molecular formula is C29H33ClN2O2S. The molecule has 6 heteroatoms. The maximum atomic E-state index is 13.6. The van der Waals surface area contributed by atoms with Crippen LogP contribution in [0.15, 0.2) is 83.8 Å². The fourth-order valence-corrected chi connectivity index (χ4v) is 4.62. The van der Waals surface area contributed by atoms with Gasteiger partial charge in [0.2, 0.25) is 11.8 Å². The average molecular weight is 509 g/mol. The molecule has 3 rings (SSSR count). The minimum atomic E-state index is -0.615. The fourth-order valence-electron chi connectivity index (χ4n) is 3.71. The standard InChI is InChI=1S/C29H33ClN2O2S/c1-3-4-18-31-29(34)27(19-23-8-6-5-7-9-23)32(20-24-12-14-25(30)15-13-24)28(33)21-35-26-16-10-22(2)11-17-26/h5-17,27H,3-4,18-21H2,1-2H3,(H,31,34). The summed E-state index contributed by atoms with van der Waals surface area (Å²) in [7, 11) is 0. The maximum absolute atomic E-state index is 13.6. The molecule has 0 aliphatic rings. The summed E-state index contributed by atoms with van der Waals surface area (Å²) in [6.07, 6.45) is 2.34. The number of rotatable bonds is 12. The van der Waals surface area contributed by atoms with E-state index < -0.39 is 6.04 Å². The lowest BCUT2D eigenvalue weighted by Gasteiger charge is -2.31. The van der Waals surface area contributed by atoms with E-state index in [-0.39, 0.29) is 17.6 Å². The van der Waals surface area contributed by atoms with E-state index in [1.54, 1.807) is 4.90 Å². The summed E-state index contributed by atoms with van der Waals surface area (Å²) in [6.45, 7) is 5.07. The Morgan fingerprint density at radius 2 is 1.63 bits per heavy atom. The lowest BCUT2D eigenvalue weighted by Crippen LogP contribution is -2.51. The second-order valence-corrected chi connectivity index (χ2v) is 10.1. The number of aryl methyl sites for hydroxylation is 1. The normalized spacial score (nSPS) is 11.6. The Hall–Kier alpha value is -2.76. The smallest absolute Gasteiger partial charge is 0.243 e. The molecule has 0 aliphatic heterocycles. The topological polar surface area (TPSA) is 49.4 Å². The highest BCUT2D eigenvalue weighted by Gasteiger charge is 2.30. The number of carbonyl (C=O) groups excluding carboxylic acids is 2. The highest BCUT2D eigenvalue weighted by molar-refractivity contribution is 8.00. The van der Waals surface area contributed by atoms with E-state index in [0.29, 0.717) is 24.5 Å². The van der Waals surface area contributed by atoms with Gasteiger partial charge in [0, 0.05) is 29.4 Å². The zero-order valence-electron chi connectivity index (χ0n) is 20.4. The predicted octanol–water partition coefficient (Wildman–Crippen LogP) is 6.30. The van der Waals surface area contributed by atoms with Crippen LogP contribution in [0.4, 0.5) is 0 Å². The highest BCUT2D eigenvalue weighted by atomic mass is 35.5. The molecule has 184 valence electrons. The van der Waals surface area contributed by atoms with Gasteiger partial charge in [0.1, 0.15) is 6.04 Å². The lowest BCUT2D eigenvalue weighted by molar-refractivity contribution is -0.139. The number of benzene rings is 3. The molecule has 0 spiro atoms. The van der Waals surface area contributed by atoms with Crippen LogP contribution in [0.3, 0.4) is 0 Å².